The van der Waals surface area contributed by atoms with Crippen LogP contribution in [0, 0.1) is 0 Å². The van der Waals surface area contributed by atoms with E-state index in [0.29, 0.717) is 0 Å². The molecule has 0 saturated heterocycles. The second-order valence-electron chi connectivity index (χ2n) is 3.02. The van der Waals surface area contributed by atoms with Crippen LogP contribution in [-0.2, 0) is 9.53 Å². The summed E-state index contributed by atoms with van der Waals surface area (Å²) in [7, 11) is 0. The number of rotatable bonds is 3. The van der Waals surface area contributed by atoms with Gasteiger partial charge in [0, 0.05) is 0 Å². The maximum Gasteiger partial charge on any atom is 0.310 e. The highest BCUT2D eigenvalue weighted by atomic mass is 35.5. The fourth-order valence-corrected chi connectivity index (χ4v) is 0.675. The summed E-state index contributed by atoms with van der Waals surface area (Å²) in [6.07, 6.45) is -0.0376. The highest BCUT2D eigenvalue weighted by Crippen LogP contribution is 2.09. The van der Waals surface area contributed by atoms with Gasteiger partial charge in [0.15, 0.2) is 5.56 Å². The van der Waals surface area contributed by atoms with Crippen LogP contribution in [0.2, 0.25) is 0 Å². The van der Waals surface area contributed by atoms with E-state index in [4.69, 9.17) is 16.7 Å². The molecule has 0 aliphatic rings. The molecule has 66 valence electrons. The Morgan fingerprint density at radius 1 is 1.73 bits per heavy atom. The fraction of sp³-hybridized carbons (Fsp3) is 0.857. The highest BCUT2D eigenvalue weighted by Gasteiger charge is 2.19. The first-order valence-electron chi connectivity index (χ1n) is 3.37. The molecule has 0 spiro atoms. The Hall–Kier alpha value is -0.280. The predicted molar refractivity (Wildman–Crippen MR) is 42.3 cm³/mol. The number of carbonyl (C=O) groups excluding carboxylic acids is 1. The predicted octanol–water partition coefficient (Wildman–Crippen LogP) is 1.28. The van der Waals surface area contributed by atoms with Crippen LogP contribution in [0.5, 0.6) is 0 Å². The maximum absolute atomic E-state index is 10.8. The van der Waals surface area contributed by atoms with Crippen LogP contribution in [0.15, 0.2) is 0 Å². The van der Waals surface area contributed by atoms with Crippen LogP contribution >= 0.6 is 11.6 Å². The van der Waals surface area contributed by atoms with Crippen molar-refractivity contribution in [3.8, 4) is 0 Å². The average Bonchev–Trinajstić information content (AvgIpc) is 1.53. The Balaban J connectivity index is 3.71. The van der Waals surface area contributed by atoms with Crippen LogP contribution in [0.1, 0.15) is 27.2 Å². The smallest absolute Gasteiger partial charge is 0.310 e. The van der Waals surface area contributed by atoms with Crippen LogP contribution in [0.3, 0.4) is 0 Å². The quantitative estimate of drug-likeness (QED) is 0.526. The van der Waals surface area contributed by atoms with Crippen molar-refractivity contribution < 1.29 is 14.6 Å². The third-order valence-electron chi connectivity index (χ3n) is 0.871. The molecule has 0 heterocycles. The van der Waals surface area contributed by atoms with E-state index < -0.39 is 17.1 Å². The summed E-state index contributed by atoms with van der Waals surface area (Å²) in [6, 6.07) is 0. The Labute approximate surface area is 71.3 Å². The molecule has 0 aliphatic carbocycles. The summed E-state index contributed by atoms with van der Waals surface area (Å²) in [5, 5.41) is 9.16. The lowest BCUT2D eigenvalue weighted by Crippen LogP contribution is -2.25. The van der Waals surface area contributed by atoms with Gasteiger partial charge in [-0.25, -0.2) is 0 Å². The Bertz CT molecular complexity index is 137. The van der Waals surface area contributed by atoms with Crippen molar-refractivity contribution in [1.82, 2.24) is 0 Å². The van der Waals surface area contributed by atoms with Gasteiger partial charge in [0.1, 0.15) is 0 Å². The van der Waals surface area contributed by atoms with Gasteiger partial charge in [0.05, 0.1) is 12.0 Å². The number of ether oxygens (including phenoxy) is 1. The van der Waals surface area contributed by atoms with E-state index in [-0.39, 0.29) is 6.42 Å². The van der Waals surface area contributed by atoms with Gasteiger partial charge in [0.2, 0.25) is 0 Å². The van der Waals surface area contributed by atoms with Crippen molar-refractivity contribution >= 4 is 17.6 Å². The number of carbonyl (C=O) groups is 1. The number of alkyl halides is 1. The zero-order valence-electron chi connectivity index (χ0n) is 6.93. The van der Waals surface area contributed by atoms with E-state index >= 15 is 0 Å². The normalized spacial score (nSPS) is 14.3. The summed E-state index contributed by atoms with van der Waals surface area (Å²) in [5.41, 5.74) is -1.66. The third kappa shape index (κ3) is 7.62. The van der Waals surface area contributed by atoms with Gasteiger partial charge >= 0.3 is 5.97 Å². The van der Waals surface area contributed by atoms with E-state index in [9.17, 15) is 4.79 Å². The standard InChI is InChI=1S/C7H13ClO3/c1-5(8)11-6(9)4-7(2,3)10/h5,10H,4H2,1-3H3. The lowest BCUT2D eigenvalue weighted by molar-refractivity contribution is -0.149. The zero-order chi connectivity index (χ0) is 9.07. The van der Waals surface area contributed by atoms with E-state index in [1.54, 1.807) is 6.92 Å². The molecule has 1 N–H and O–H groups in total. The van der Waals surface area contributed by atoms with Gasteiger partial charge in [-0.15, -0.1) is 0 Å². The lowest BCUT2D eigenvalue weighted by atomic mass is 10.1. The highest BCUT2D eigenvalue weighted by molar-refractivity contribution is 6.19. The lowest BCUT2D eigenvalue weighted by Gasteiger charge is -2.16. The third-order valence-corrected chi connectivity index (χ3v) is 0.960. The molecule has 0 aromatic rings. The Morgan fingerprint density at radius 3 is 2.45 bits per heavy atom. The van der Waals surface area contributed by atoms with Crippen molar-refractivity contribution in [2.75, 3.05) is 0 Å². The van der Waals surface area contributed by atoms with Crippen molar-refractivity contribution in [3.05, 3.63) is 0 Å². The van der Waals surface area contributed by atoms with Gasteiger partial charge in [-0.05, 0) is 20.8 Å². The van der Waals surface area contributed by atoms with Gasteiger partial charge in [-0.2, -0.15) is 0 Å². The molecule has 3 nitrogen and oxygen atoms in total. The molecule has 0 rings (SSSR count). The number of hydrogen-bond acceptors (Lipinski definition) is 3. The Kier molecular flexibility index (Phi) is 3.83. The van der Waals surface area contributed by atoms with Gasteiger partial charge in [0.25, 0.3) is 0 Å². The topological polar surface area (TPSA) is 46.5 Å². The molecule has 1 unspecified atom stereocenters. The minimum absolute atomic E-state index is 0.0376. The summed E-state index contributed by atoms with van der Waals surface area (Å²) in [5.74, 6) is -0.486. The Morgan fingerprint density at radius 2 is 2.18 bits per heavy atom. The fourth-order valence-electron chi connectivity index (χ4n) is 0.576. The van der Waals surface area contributed by atoms with Crippen LogP contribution in [0.4, 0.5) is 0 Å². The van der Waals surface area contributed by atoms with Crippen molar-refractivity contribution in [3.63, 3.8) is 0 Å². The minimum Gasteiger partial charge on any atom is -0.446 e. The molecule has 0 aromatic carbocycles. The minimum atomic E-state index is -1.02. The van der Waals surface area contributed by atoms with Gasteiger partial charge in [-0.3, -0.25) is 4.79 Å². The SMILES string of the molecule is CC(Cl)OC(=O)CC(C)(C)O. The first-order valence-corrected chi connectivity index (χ1v) is 3.81. The molecule has 0 fully saturated rings. The molecule has 0 aliphatic heterocycles. The summed E-state index contributed by atoms with van der Waals surface area (Å²) in [6.45, 7) is 4.62. The van der Waals surface area contributed by atoms with Crippen LogP contribution in [0.25, 0.3) is 0 Å². The number of halogens is 1. The molecule has 0 aromatic heterocycles. The van der Waals surface area contributed by atoms with E-state index in [1.165, 1.54) is 13.8 Å². The average molecular weight is 181 g/mol. The first kappa shape index (κ1) is 10.7. The summed E-state index contributed by atoms with van der Waals surface area (Å²) >= 11 is 5.38. The molecular weight excluding hydrogens is 168 g/mol. The molecule has 0 amide bonds. The van der Waals surface area contributed by atoms with Gasteiger partial charge in [-0.1, -0.05) is 11.6 Å². The molecule has 0 bridgehead atoms. The van der Waals surface area contributed by atoms with E-state index in [0.717, 1.165) is 0 Å². The number of esters is 1. The van der Waals surface area contributed by atoms with Crippen molar-refractivity contribution in [2.24, 2.45) is 0 Å². The van der Waals surface area contributed by atoms with E-state index in [1.807, 2.05) is 0 Å². The van der Waals surface area contributed by atoms with Crippen molar-refractivity contribution in [2.45, 2.75) is 38.4 Å². The maximum atomic E-state index is 10.8. The number of hydrogen-bond donors (Lipinski definition) is 1. The van der Waals surface area contributed by atoms with Crippen molar-refractivity contribution in [1.29, 1.82) is 0 Å². The zero-order valence-corrected chi connectivity index (χ0v) is 7.68. The van der Waals surface area contributed by atoms with Gasteiger partial charge < -0.3 is 9.84 Å². The number of aliphatic hydroxyl groups is 1. The van der Waals surface area contributed by atoms with Crippen LogP contribution < -0.4 is 0 Å². The summed E-state index contributed by atoms with van der Waals surface area (Å²) in [4.78, 5) is 10.8. The molecular formula is C7H13ClO3. The largest absolute Gasteiger partial charge is 0.446 e. The molecule has 4 heteroatoms. The first-order chi connectivity index (χ1) is 4.81. The molecule has 11 heavy (non-hydrogen) atoms. The van der Waals surface area contributed by atoms with Crippen LogP contribution in [-0.4, -0.2) is 22.2 Å². The second kappa shape index (κ2) is 3.93. The molecule has 0 radical (unpaired) electrons. The molecule has 1 atom stereocenters. The monoisotopic (exact) mass is 180 g/mol. The van der Waals surface area contributed by atoms with E-state index in [2.05, 4.69) is 4.74 Å². The second-order valence-corrected chi connectivity index (χ2v) is 3.64. The molecule has 0 saturated carbocycles. The summed E-state index contributed by atoms with van der Waals surface area (Å²) < 4.78 is 4.59.